The van der Waals surface area contributed by atoms with Crippen molar-refractivity contribution < 1.29 is 4.79 Å². The predicted molar refractivity (Wildman–Crippen MR) is 109 cm³/mol. The minimum absolute atomic E-state index is 0.127. The highest BCUT2D eigenvalue weighted by Crippen LogP contribution is 2.33. The first-order valence-corrected chi connectivity index (χ1v) is 10.1. The first-order chi connectivity index (χ1) is 14.2. The number of nitrogens with one attached hydrogen (secondary N) is 3. The van der Waals surface area contributed by atoms with Crippen LogP contribution in [0, 0.1) is 0 Å². The van der Waals surface area contributed by atoms with Gasteiger partial charge in [0.25, 0.3) is 5.91 Å². The number of benzene rings is 1. The number of hydrogen-bond donors (Lipinski definition) is 4. The fourth-order valence-electron chi connectivity index (χ4n) is 4.34. The minimum atomic E-state index is -0.277. The molecule has 1 aromatic carbocycles. The quantitative estimate of drug-likeness (QED) is 0.534. The largest absolute Gasteiger partial charge is 0.383 e. The zero-order chi connectivity index (χ0) is 19.8. The molecule has 9 heteroatoms. The lowest BCUT2D eigenvalue weighted by atomic mass is 10.0. The van der Waals surface area contributed by atoms with Gasteiger partial charge in [0.1, 0.15) is 12.1 Å². The second-order valence-corrected chi connectivity index (χ2v) is 7.70. The third-order valence-corrected chi connectivity index (χ3v) is 5.81. The SMILES string of the molecule is Nc1ncnc2c1c(C(=O)NC1CC(c3ccccc3)NN1)nn2C1CCCC1. The van der Waals surface area contributed by atoms with E-state index in [9.17, 15) is 4.79 Å². The Balaban J connectivity index is 1.39. The van der Waals surface area contributed by atoms with Crippen LogP contribution in [0.5, 0.6) is 0 Å². The smallest absolute Gasteiger partial charge is 0.273 e. The lowest BCUT2D eigenvalue weighted by Crippen LogP contribution is -2.44. The number of anilines is 1. The van der Waals surface area contributed by atoms with Crippen LogP contribution in [0.4, 0.5) is 5.82 Å². The fraction of sp³-hybridized carbons (Fsp3) is 0.400. The molecule has 9 nitrogen and oxygen atoms in total. The van der Waals surface area contributed by atoms with Gasteiger partial charge in [-0.05, 0) is 18.4 Å². The second kappa shape index (κ2) is 7.41. The molecule has 5 N–H and O–H groups in total. The summed E-state index contributed by atoms with van der Waals surface area (Å²) in [5.74, 6) is 0.00493. The average molecular weight is 392 g/mol. The van der Waals surface area contributed by atoms with Crippen molar-refractivity contribution >= 4 is 22.8 Å². The van der Waals surface area contributed by atoms with Gasteiger partial charge in [-0.3, -0.25) is 4.79 Å². The Morgan fingerprint density at radius 3 is 2.72 bits per heavy atom. The van der Waals surface area contributed by atoms with E-state index in [2.05, 4.69) is 43.4 Å². The van der Waals surface area contributed by atoms with Gasteiger partial charge in [0, 0.05) is 12.5 Å². The van der Waals surface area contributed by atoms with Crippen molar-refractivity contribution in [3.8, 4) is 0 Å². The lowest BCUT2D eigenvalue weighted by molar-refractivity contribution is 0.0927. The average Bonchev–Trinajstić information content (AvgIpc) is 3.48. The van der Waals surface area contributed by atoms with E-state index in [1.807, 2.05) is 22.9 Å². The number of hydrogen-bond acceptors (Lipinski definition) is 7. The van der Waals surface area contributed by atoms with E-state index in [1.54, 1.807) is 0 Å². The molecule has 5 rings (SSSR count). The molecule has 1 saturated heterocycles. The highest BCUT2D eigenvalue weighted by Gasteiger charge is 2.30. The van der Waals surface area contributed by atoms with Crippen molar-refractivity contribution in [2.75, 3.05) is 5.73 Å². The Labute approximate surface area is 168 Å². The number of nitrogen functional groups attached to an aromatic ring is 1. The van der Waals surface area contributed by atoms with Gasteiger partial charge in [-0.1, -0.05) is 43.2 Å². The summed E-state index contributed by atoms with van der Waals surface area (Å²) in [6.07, 6.45) is 6.33. The van der Waals surface area contributed by atoms with E-state index in [1.165, 1.54) is 11.9 Å². The van der Waals surface area contributed by atoms with Gasteiger partial charge in [0.05, 0.1) is 17.6 Å². The summed E-state index contributed by atoms with van der Waals surface area (Å²) in [6, 6.07) is 10.5. The Bertz CT molecular complexity index is 1030. The Morgan fingerprint density at radius 2 is 1.93 bits per heavy atom. The molecule has 0 bridgehead atoms. The molecule has 1 saturated carbocycles. The third kappa shape index (κ3) is 3.32. The molecule has 150 valence electrons. The third-order valence-electron chi connectivity index (χ3n) is 5.81. The van der Waals surface area contributed by atoms with Crippen molar-refractivity contribution in [3.05, 3.63) is 47.9 Å². The van der Waals surface area contributed by atoms with E-state index in [4.69, 9.17) is 5.73 Å². The number of rotatable bonds is 4. The van der Waals surface area contributed by atoms with Gasteiger partial charge in [-0.15, -0.1) is 0 Å². The van der Waals surface area contributed by atoms with Gasteiger partial charge in [-0.2, -0.15) is 5.10 Å². The molecule has 2 aromatic heterocycles. The number of amides is 1. The van der Waals surface area contributed by atoms with Crippen molar-refractivity contribution in [3.63, 3.8) is 0 Å². The molecule has 0 radical (unpaired) electrons. The van der Waals surface area contributed by atoms with Crippen LogP contribution in [-0.2, 0) is 0 Å². The molecular weight excluding hydrogens is 368 g/mol. The van der Waals surface area contributed by atoms with Gasteiger partial charge in [0.2, 0.25) is 0 Å². The van der Waals surface area contributed by atoms with Crippen molar-refractivity contribution in [2.45, 2.75) is 50.4 Å². The Kier molecular flexibility index (Phi) is 4.61. The van der Waals surface area contributed by atoms with Crippen LogP contribution >= 0.6 is 0 Å². The summed E-state index contributed by atoms with van der Waals surface area (Å²) in [5, 5.41) is 8.17. The topological polar surface area (TPSA) is 123 Å². The standard InChI is InChI=1S/C20H24N8O/c21-18-16-17(27-28(13-8-4-5-9-13)19(16)23-11-22-18)20(29)24-15-10-14(25-26-15)12-6-2-1-3-7-12/h1-3,6-7,11,13-15,25-26H,4-5,8-10H2,(H,24,29)(H2,21,22,23). The van der Waals surface area contributed by atoms with Gasteiger partial charge in [-0.25, -0.2) is 25.5 Å². The second-order valence-electron chi connectivity index (χ2n) is 7.70. The normalized spacial score (nSPS) is 22.3. The summed E-state index contributed by atoms with van der Waals surface area (Å²) in [5.41, 5.74) is 14.6. The van der Waals surface area contributed by atoms with Crippen LogP contribution in [0.1, 0.15) is 60.2 Å². The molecule has 1 amide bonds. The number of carbonyl (C=O) groups excluding carboxylic acids is 1. The molecule has 3 aromatic rings. The van der Waals surface area contributed by atoms with E-state index < -0.39 is 0 Å². The van der Waals surface area contributed by atoms with Crippen LogP contribution in [0.3, 0.4) is 0 Å². The first kappa shape index (κ1) is 18.0. The Hall–Kier alpha value is -3.04. The molecule has 1 aliphatic carbocycles. The molecule has 2 unspecified atom stereocenters. The fourth-order valence-corrected chi connectivity index (χ4v) is 4.34. The van der Waals surface area contributed by atoms with E-state index >= 15 is 0 Å². The minimum Gasteiger partial charge on any atom is -0.383 e. The van der Waals surface area contributed by atoms with E-state index in [0.29, 0.717) is 11.0 Å². The summed E-state index contributed by atoms with van der Waals surface area (Å²) >= 11 is 0. The van der Waals surface area contributed by atoms with Crippen molar-refractivity contribution in [1.29, 1.82) is 0 Å². The lowest BCUT2D eigenvalue weighted by Gasteiger charge is -2.12. The maximum absolute atomic E-state index is 13.1. The zero-order valence-corrected chi connectivity index (χ0v) is 16.0. The number of fused-ring (bicyclic) bond motifs is 1. The van der Waals surface area contributed by atoms with E-state index in [0.717, 1.165) is 32.1 Å². The van der Waals surface area contributed by atoms with Crippen molar-refractivity contribution in [1.82, 2.24) is 35.9 Å². The van der Waals surface area contributed by atoms with Crippen LogP contribution in [-0.4, -0.2) is 31.8 Å². The Morgan fingerprint density at radius 1 is 1.14 bits per heavy atom. The molecule has 2 atom stereocenters. The molecule has 2 aliphatic rings. The number of nitrogens with two attached hydrogens (primary N) is 1. The van der Waals surface area contributed by atoms with Crippen LogP contribution in [0.2, 0.25) is 0 Å². The van der Waals surface area contributed by atoms with E-state index in [-0.39, 0.29) is 35.7 Å². The molecule has 2 fully saturated rings. The zero-order valence-electron chi connectivity index (χ0n) is 16.0. The van der Waals surface area contributed by atoms with Crippen LogP contribution in [0.25, 0.3) is 11.0 Å². The number of hydrazine groups is 1. The number of nitrogens with zero attached hydrogens (tertiary/aromatic N) is 4. The van der Waals surface area contributed by atoms with Crippen LogP contribution in [0.15, 0.2) is 36.7 Å². The first-order valence-electron chi connectivity index (χ1n) is 10.1. The highest BCUT2D eigenvalue weighted by molar-refractivity contribution is 6.07. The maximum atomic E-state index is 13.1. The maximum Gasteiger partial charge on any atom is 0.273 e. The van der Waals surface area contributed by atoms with Crippen LogP contribution < -0.4 is 21.9 Å². The predicted octanol–water partition coefficient (Wildman–Crippen LogP) is 1.82. The molecule has 29 heavy (non-hydrogen) atoms. The number of aromatic nitrogens is 4. The molecule has 0 spiro atoms. The molecule has 1 aliphatic heterocycles. The summed E-state index contributed by atoms with van der Waals surface area (Å²) in [6.45, 7) is 0. The number of carbonyl (C=O) groups is 1. The van der Waals surface area contributed by atoms with Gasteiger partial charge >= 0.3 is 0 Å². The van der Waals surface area contributed by atoms with Crippen molar-refractivity contribution in [2.24, 2.45) is 0 Å². The van der Waals surface area contributed by atoms with Gasteiger partial charge < -0.3 is 11.1 Å². The monoisotopic (exact) mass is 392 g/mol. The van der Waals surface area contributed by atoms with Gasteiger partial charge in [0.15, 0.2) is 11.3 Å². The summed E-state index contributed by atoms with van der Waals surface area (Å²) in [7, 11) is 0. The molecular formula is C20H24N8O. The summed E-state index contributed by atoms with van der Waals surface area (Å²) in [4.78, 5) is 21.5. The molecule has 3 heterocycles. The highest BCUT2D eigenvalue weighted by atomic mass is 16.2. The summed E-state index contributed by atoms with van der Waals surface area (Å²) < 4.78 is 1.86.